The van der Waals surface area contributed by atoms with Crippen LogP contribution in [0.2, 0.25) is 0 Å². The van der Waals surface area contributed by atoms with E-state index in [1.54, 1.807) is 17.9 Å². The Kier molecular flexibility index (Phi) is 5.30. The van der Waals surface area contributed by atoms with Gasteiger partial charge in [-0.3, -0.25) is 14.3 Å². The van der Waals surface area contributed by atoms with Crippen molar-refractivity contribution in [2.75, 3.05) is 0 Å². The van der Waals surface area contributed by atoms with Crippen LogP contribution in [0.25, 0.3) is 11.4 Å². The zero-order valence-electron chi connectivity index (χ0n) is 17.7. The van der Waals surface area contributed by atoms with Gasteiger partial charge in [-0.1, -0.05) is 12.1 Å². The number of hydrogen-bond acceptors (Lipinski definition) is 8. The Bertz CT molecular complexity index is 1310. The number of fused-ring (bicyclic) bond motifs is 1. The largest absolute Gasteiger partial charge is 0.347 e. The Balaban J connectivity index is 1.25. The Morgan fingerprint density at radius 3 is 2.79 bits per heavy atom. The molecule has 3 N–H and O–H groups in total. The number of benzene rings is 1. The number of nitrogens with zero attached hydrogens (tertiary/aromatic N) is 7. The minimum atomic E-state index is -0.393. The molecule has 0 spiro atoms. The summed E-state index contributed by atoms with van der Waals surface area (Å²) in [5.74, 6) is -0.227. The van der Waals surface area contributed by atoms with Gasteiger partial charge >= 0.3 is 0 Å². The van der Waals surface area contributed by atoms with Crippen molar-refractivity contribution in [1.82, 2.24) is 51.0 Å². The summed E-state index contributed by atoms with van der Waals surface area (Å²) in [6.07, 6.45) is 6.28. The van der Waals surface area contributed by atoms with Crippen LogP contribution in [0.4, 0.5) is 0 Å². The second-order valence-corrected chi connectivity index (χ2v) is 7.71. The third-order valence-electron chi connectivity index (χ3n) is 5.47. The van der Waals surface area contributed by atoms with Crippen molar-refractivity contribution < 1.29 is 9.59 Å². The van der Waals surface area contributed by atoms with Crippen LogP contribution in [0.1, 0.15) is 50.1 Å². The Morgan fingerprint density at radius 1 is 1.18 bits per heavy atom. The number of carbonyl (C=O) groups is 2. The first-order chi connectivity index (χ1) is 16.1. The number of aromatic nitrogens is 8. The van der Waals surface area contributed by atoms with Crippen LogP contribution < -0.4 is 10.6 Å². The average molecular weight is 444 g/mol. The Morgan fingerprint density at radius 2 is 2.03 bits per heavy atom. The molecule has 1 aliphatic rings. The van der Waals surface area contributed by atoms with E-state index in [9.17, 15) is 9.59 Å². The molecule has 5 rings (SSSR count). The maximum absolute atomic E-state index is 12.8. The molecule has 3 heterocycles. The van der Waals surface area contributed by atoms with Crippen LogP contribution in [0.3, 0.4) is 0 Å². The highest BCUT2D eigenvalue weighted by Gasteiger charge is 2.26. The molecule has 33 heavy (non-hydrogen) atoms. The van der Waals surface area contributed by atoms with Crippen LogP contribution in [-0.4, -0.2) is 52.2 Å². The van der Waals surface area contributed by atoms with Gasteiger partial charge in [0, 0.05) is 37.0 Å². The zero-order chi connectivity index (χ0) is 22.8. The lowest BCUT2D eigenvalue weighted by Gasteiger charge is -2.14. The second kappa shape index (κ2) is 8.57. The van der Waals surface area contributed by atoms with E-state index in [0.717, 1.165) is 35.1 Å². The summed E-state index contributed by atoms with van der Waals surface area (Å²) >= 11 is 0. The summed E-state index contributed by atoms with van der Waals surface area (Å²) in [7, 11) is 1.80. The van der Waals surface area contributed by atoms with Gasteiger partial charge in [-0.2, -0.15) is 10.3 Å². The van der Waals surface area contributed by atoms with E-state index < -0.39 is 5.91 Å². The molecule has 166 valence electrons. The van der Waals surface area contributed by atoms with Crippen molar-refractivity contribution in [3.05, 3.63) is 71.1 Å². The fraction of sp³-hybridized carbons (Fsp3) is 0.238. The van der Waals surface area contributed by atoms with Crippen molar-refractivity contribution in [3.8, 4) is 11.4 Å². The zero-order valence-corrected chi connectivity index (χ0v) is 17.7. The minimum Gasteiger partial charge on any atom is -0.347 e. The lowest BCUT2D eigenvalue weighted by molar-refractivity contribution is 0.0931. The predicted molar refractivity (Wildman–Crippen MR) is 115 cm³/mol. The van der Waals surface area contributed by atoms with Gasteiger partial charge in [0.15, 0.2) is 0 Å². The van der Waals surface area contributed by atoms with Gasteiger partial charge in [-0.15, -0.1) is 10.2 Å². The van der Waals surface area contributed by atoms with Gasteiger partial charge in [0.1, 0.15) is 17.7 Å². The molecule has 0 saturated heterocycles. The van der Waals surface area contributed by atoms with Crippen molar-refractivity contribution in [1.29, 1.82) is 0 Å². The Hall–Kier alpha value is -4.48. The number of hydrogen-bond donors (Lipinski definition) is 3. The molecule has 0 unspecified atom stereocenters. The quantitative estimate of drug-likeness (QED) is 0.393. The van der Waals surface area contributed by atoms with Crippen LogP contribution >= 0.6 is 0 Å². The molecule has 4 aromatic rings. The third kappa shape index (κ3) is 4.31. The average Bonchev–Trinajstić information content (AvgIpc) is 3.59. The van der Waals surface area contributed by atoms with Gasteiger partial charge in [-0.05, 0) is 35.2 Å². The van der Waals surface area contributed by atoms with E-state index in [2.05, 4.69) is 46.3 Å². The molecule has 2 amide bonds. The van der Waals surface area contributed by atoms with Crippen LogP contribution in [0.15, 0.2) is 43.0 Å². The molecule has 0 saturated carbocycles. The fourth-order valence-electron chi connectivity index (χ4n) is 3.86. The van der Waals surface area contributed by atoms with Gasteiger partial charge in [0.2, 0.25) is 5.82 Å². The van der Waals surface area contributed by atoms with Crippen molar-refractivity contribution >= 4 is 11.8 Å². The summed E-state index contributed by atoms with van der Waals surface area (Å²) in [5.41, 5.74) is 4.15. The summed E-state index contributed by atoms with van der Waals surface area (Å²) in [6, 6.07) is 7.13. The number of rotatable bonds is 6. The number of aryl methyl sites for hydroxylation is 2. The van der Waals surface area contributed by atoms with Gasteiger partial charge in [0.05, 0.1) is 12.2 Å². The van der Waals surface area contributed by atoms with Crippen LogP contribution in [0, 0.1) is 0 Å². The molecule has 1 aromatic carbocycles. The van der Waals surface area contributed by atoms with Crippen molar-refractivity contribution in [2.24, 2.45) is 7.05 Å². The normalized spacial score (nSPS) is 14.6. The molecular weight excluding hydrogens is 424 g/mol. The van der Waals surface area contributed by atoms with Crippen LogP contribution in [-0.2, 0) is 20.0 Å². The first-order valence-corrected chi connectivity index (χ1v) is 10.3. The number of tetrazole rings is 1. The molecule has 12 nitrogen and oxygen atoms in total. The topological polar surface area (TPSA) is 156 Å². The maximum Gasteiger partial charge on any atom is 0.270 e. The maximum atomic E-state index is 12.8. The summed E-state index contributed by atoms with van der Waals surface area (Å²) in [6.45, 7) is 0.308. The number of aromatic amines is 1. The lowest BCUT2D eigenvalue weighted by atomic mass is 10.0. The SMILES string of the molecule is Cn1cc(CNC(=O)c2cc(C(=O)N[C@H]3CCc4cc(-c5nn[nH]n5)ccc43)ncn2)cn1. The van der Waals surface area contributed by atoms with Crippen molar-refractivity contribution in [3.63, 3.8) is 0 Å². The molecule has 12 heteroatoms. The third-order valence-corrected chi connectivity index (χ3v) is 5.47. The number of nitrogens with one attached hydrogen (secondary N) is 3. The van der Waals surface area contributed by atoms with E-state index >= 15 is 0 Å². The number of amides is 2. The van der Waals surface area contributed by atoms with E-state index in [0.29, 0.717) is 12.4 Å². The number of H-pyrrole nitrogens is 1. The molecular formula is C21H20N10O2. The minimum absolute atomic E-state index is 0.121. The van der Waals surface area contributed by atoms with E-state index in [1.807, 2.05) is 24.4 Å². The Labute approximate surface area is 187 Å². The molecule has 1 atom stereocenters. The van der Waals surface area contributed by atoms with Gasteiger partial charge < -0.3 is 10.6 Å². The molecule has 3 aromatic heterocycles. The van der Waals surface area contributed by atoms with E-state index in [-0.39, 0.29) is 23.3 Å². The summed E-state index contributed by atoms with van der Waals surface area (Å²) in [5, 5.41) is 23.9. The predicted octanol–water partition coefficient (Wildman–Crippen LogP) is 0.737. The first kappa shape index (κ1) is 20.4. The molecule has 0 fully saturated rings. The summed E-state index contributed by atoms with van der Waals surface area (Å²) < 4.78 is 1.65. The highest BCUT2D eigenvalue weighted by molar-refractivity contribution is 5.97. The fourth-order valence-corrected chi connectivity index (χ4v) is 3.86. The second-order valence-electron chi connectivity index (χ2n) is 7.71. The van der Waals surface area contributed by atoms with E-state index in [1.165, 1.54) is 12.4 Å². The standard InChI is InChI=1S/C21H20N10O2/c1-31-10-12(9-25-31)8-22-20(32)17-7-18(24-11-23-17)21(33)26-16-5-3-13-6-14(2-4-15(13)16)19-27-29-30-28-19/h2,4,6-7,9-11,16H,3,5,8H2,1H3,(H,22,32)(H,26,33)(H,27,28,29,30)/t16-/m0/s1. The molecule has 0 aliphatic heterocycles. The highest BCUT2D eigenvalue weighted by Crippen LogP contribution is 2.33. The van der Waals surface area contributed by atoms with Gasteiger partial charge in [-0.25, -0.2) is 9.97 Å². The number of carbonyl (C=O) groups excluding carboxylic acids is 2. The highest BCUT2D eigenvalue weighted by atomic mass is 16.2. The first-order valence-electron chi connectivity index (χ1n) is 10.3. The molecule has 1 aliphatic carbocycles. The molecule has 0 bridgehead atoms. The smallest absolute Gasteiger partial charge is 0.270 e. The van der Waals surface area contributed by atoms with Gasteiger partial charge in [0.25, 0.3) is 11.8 Å². The monoisotopic (exact) mass is 444 g/mol. The summed E-state index contributed by atoms with van der Waals surface area (Å²) in [4.78, 5) is 33.3. The van der Waals surface area contributed by atoms with Crippen LogP contribution in [0.5, 0.6) is 0 Å². The van der Waals surface area contributed by atoms with E-state index in [4.69, 9.17) is 0 Å². The lowest BCUT2D eigenvalue weighted by Crippen LogP contribution is -2.29. The van der Waals surface area contributed by atoms with Crippen molar-refractivity contribution in [2.45, 2.75) is 25.4 Å². The molecule has 0 radical (unpaired) electrons.